The topological polar surface area (TPSA) is 79.1 Å². The molecule has 0 N–H and O–H groups in total. The van der Waals surface area contributed by atoms with Gasteiger partial charge in [-0.15, -0.1) is 0 Å². The molecule has 2 heterocycles. The monoisotopic (exact) mass is 578 g/mol. The van der Waals surface area contributed by atoms with Gasteiger partial charge in [-0.25, -0.2) is 9.79 Å². The Morgan fingerprint density at radius 2 is 1.85 bits per heavy atom. The molecule has 0 aliphatic carbocycles. The van der Waals surface area contributed by atoms with Crippen LogP contribution in [0.2, 0.25) is 0 Å². The number of allylic oxidation sites excluding steroid dienone is 1. The van der Waals surface area contributed by atoms with Crippen molar-refractivity contribution in [3.63, 3.8) is 0 Å². The number of esters is 1. The Bertz CT molecular complexity index is 1810. The van der Waals surface area contributed by atoms with Crippen LogP contribution in [0.1, 0.15) is 43.9 Å². The van der Waals surface area contributed by atoms with Crippen LogP contribution in [0, 0.1) is 0 Å². The maximum absolute atomic E-state index is 14.1. The maximum Gasteiger partial charge on any atom is 0.387 e. The second-order valence-corrected chi connectivity index (χ2v) is 10.3. The number of aromatic nitrogens is 1. The lowest BCUT2D eigenvalue weighted by atomic mass is 9.90. The quantitative estimate of drug-likeness (QED) is 0.251. The first-order valence-electron chi connectivity index (χ1n) is 13.2. The fraction of sp³-hybridized carbons (Fsp3) is 0.258. The van der Waals surface area contributed by atoms with Gasteiger partial charge >= 0.3 is 12.6 Å². The first-order valence-corrected chi connectivity index (χ1v) is 14.0. The molecule has 10 heteroatoms. The summed E-state index contributed by atoms with van der Waals surface area (Å²) in [7, 11) is 1.55. The largest absolute Gasteiger partial charge is 0.496 e. The first kappa shape index (κ1) is 28.2. The van der Waals surface area contributed by atoms with Crippen LogP contribution < -0.4 is 24.4 Å². The predicted molar refractivity (Wildman–Crippen MR) is 153 cm³/mol. The van der Waals surface area contributed by atoms with E-state index in [-0.39, 0.29) is 17.9 Å². The summed E-state index contributed by atoms with van der Waals surface area (Å²) in [6.07, 6.45) is 2.90. The van der Waals surface area contributed by atoms with E-state index < -0.39 is 18.6 Å². The Morgan fingerprint density at radius 1 is 1.10 bits per heavy atom. The Hall–Kier alpha value is -4.31. The lowest BCUT2D eigenvalue weighted by Crippen LogP contribution is -2.40. The zero-order valence-electron chi connectivity index (χ0n) is 22.7. The maximum atomic E-state index is 14.1. The van der Waals surface area contributed by atoms with Gasteiger partial charge < -0.3 is 14.2 Å². The molecule has 4 aromatic rings. The summed E-state index contributed by atoms with van der Waals surface area (Å²) in [5.74, 6) is 0.00553. The van der Waals surface area contributed by atoms with Crippen LogP contribution in [0.5, 0.6) is 11.5 Å². The van der Waals surface area contributed by atoms with Crippen molar-refractivity contribution in [2.45, 2.75) is 39.3 Å². The lowest BCUT2D eigenvalue weighted by Gasteiger charge is -2.28. The highest BCUT2D eigenvalue weighted by atomic mass is 32.1. The molecule has 0 saturated heterocycles. The number of alkyl halides is 2. The minimum Gasteiger partial charge on any atom is -0.496 e. The number of nitrogens with zero attached hydrogens (tertiary/aromatic N) is 2. The van der Waals surface area contributed by atoms with Crippen molar-refractivity contribution in [3.05, 3.63) is 103 Å². The Kier molecular flexibility index (Phi) is 8.30. The van der Waals surface area contributed by atoms with Crippen LogP contribution in [0.25, 0.3) is 16.8 Å². The molecular weight excluding hydrogens is 550 g/mol. The molecule has 0 radical (unpaired) electrons. The second kappa shape index (κ2) is 12.1. The van der Waals surface area contributed by atoms with Gasteiger partial charge in [0, 0.05) is 5.56 Å². The fourth-order valence-electron chi connectivity index (χ4n) is 5.03. The van der Waals surface area contributed by atoms with Crippen LogP contribution >= 0.6 is 11.3 Å². The van der Waals surface area contributed by atoms with Crippen molar-refractivity contribution >= 4 is 34.2 Å². The average molecular weight is 579 g/mol. The second-order valence-electron chi connectivity index (χ2n) is 9.26. The van der Waals surface area contributed by atoms with Crippen molar-refractivity contribution in [1.29, 1.82) is 0 Å². The Morgan fingerprint density at radius 3 is 2.54 bits per heavy atom. The molecule has 0 unspecified atom stereocenters. The van der Waals surface area contributed by atoms with Gasteiger partial charge in [-0.3, -0.25) is 9.36 Å². The van der Waals surface area contributed by atoms with Crippen LogP contribution in [-0.4, -0.2) is 30.9 Å². The third-order valence-corrected chi connectivity index (χ3v) is 7.70. The molecule has 1 aromatic heterocycles. The van der Waals surface area contributed by atoms with E-state index >= 15 is 0 Å². The zero-order valence-corrected chi connectivity index (χ0v) is 23.5. The molecule has 1 aliphatic rings. The molecule has 7 nitrogen and oxygen atoms in total. The molecule has 3 aromatic carbocycles. The molecule has 41 heavy (non-hydrogen) atoms. The number of carbonyl (C=O) groups excluding carboxylic acids is 1. The van der Waals surface area contributed by atoms with Crippen LogP contribution in [-0.2, 0) is 9.53 Å². The van der Waals surface area contributed by atoms with E-state index in [1.54, 1.807) is 32.2 Å². The highest BCUT2D eigenvalue weighted by molar-refractivity contribution is 7.07. The molecule has 1 atom stereocenters. The van der Waals surface area contributed by atoms with Crippen molar-refractivity contribution < 1.29 is 27.8 Å². The fourth-order valence-corrected chi connectivity index (χ4v) is 6.05. The number of methoxy groups -OCH3 is 1. The Balaban J connectivity index is 1.79. The van der Waals surface area contributed by atoms with Gasteiger partial charge in [-0.1, -0.05) is 67.1 Å². The third kappa shape index (κ3) is 5.52. The van der Waals surface area contributed by atoms with Crippen molar-refractivity contribution in [2.24, 2.45) is 4.99 Å². The van der Waals surface area contributed by atoms with Crippen LogP contribution in [0.15, 0.2) is 81.7 Å². The smallest absolute Gasteiger partial charge is 0.387 e. The molecular formula is C31H28F2N2O5S. The summed E-state index contributed by atoms with van der Waals surface area (Å²) in [6.45, 7) is 0.964. The van der Waals surface area contributed by atoms with E-state index in [9.17, 15) is 18.4 Å². The summed E-state index contributed by atoms with van der Waals surface area (Å²) in [6, 6.07) is 16.6. The minimum atomic E-state index is -2.93. The molecule has 1 aliphatic heterocycles. The highest BCUT2D eigenvalue weighted by Gasteiger charge is 2.37. The van der Waals surface area contributed by atoms with Gasteiger partial charge in [-0.05, 0) is 54.0 Å². The van der Waals surface area contributed by atoms with E-state index in [0.29, 0.717) is 43.9 Å². The number of thiazole rings is 1. The standard InChI is InChI=1S/C31H28F2N2O5S/c1-4-8-22-26(29(37)39-5-2)27(25-21-10-7-6-9-19(21)13-16-23(25)38-3)35-28(36)24(41-31(35)34-22)17-18-11-14-20(15-12-18)40-30(32)33/h6-7,9-17,27,30H,4-5,8H2,1-3H3/b24-17+/t27-/m1/s1. The van der Waals surface area contributed by atoms with E-state index in [0.717, 1.165) is 17.2 Å². The van der Waals surface area contributed by atoms with E-state index in [1.807, 2.05) is 43.3 Å². The molecule has 0 fully saturated rings. The van der Waals surface area contributed by atoms with Crippen LogP contribution in [0.4, 0.5) is 8.78 Å². The normalized spacial score (nSPS) is 15.2. The number of carbonyl (C=O) groups is 1. The van der Waals surface area contributed by atoms with E-state index in [4.69, 9.17) is 14.5 Å². The van der Waals surface area contributed by atoms with Gasteiger partial charge in [0.2, 0.25) is 0 Å². The van der Waals surface area contributed by atoms with E-state index in [2.05, 4.69) is 4.74 Å². The summed E-state index contributed by atoms with van der Waals surface area (Å²) in [4.78, 5) is 32.9. The van der Waals surface area contributed by atoms with Crippen LogP contribution in [0.3, 0.4) is 0 Å². The summed E-state index contributed by atoms with van der Waals surface area (Å²) in [5, 5.41) is 1.76. The van der Waals surface area contributed by atoms with Gasteiger partial charge in [0.05, 0.1) is 29.5 Å². The number of halogens is 2. The average Bonchev–Trinajstić information content (AvgIpc) is 3.27. The molecule has 0 saturated carbocycles. The molecule has 5 rings (SSSR count). The minimum absolute atomic E-state index is 0.0185. The highest BCUT2D eigenvalue weighted by Crippen LogP contribution is 2.41. The van der Waals surface area contributed by atoms with Gasteiger partial charge in [0.25, 0.3) is 5.56 Å². The summed E-state index contributed by atoms with van der Waals surface area (Å²) < 4.78 is 42.8. The number of fused-ring (bicyclic) bond motifs is 2. The summed E-state index contributed by atoms with van der Waals surface area (Å²) in [5.41, 5.74) is 1.80. The predicted octanol–water partition coefficient (Wildman–Crippen LogP) is 5.34. The molecule has 0 amide bonds. The van der Waals surface area contributed by atoms with Gasteiger partial charge in [0.15, 0.2) is 4.80 Å². The summed E-state index contributed by atoms with van der Waals surface area (Å²) >= 11 is 1.20. The SMILES string of the molecule is CCCC1=C(C(=O)OCC)[C@@H](c2c(OC)ccc3ccccc23)n2c(s/c(=C/c3ccc(OC(F)F)cc3)c2=O)=N1. The van der Waals surface area contributed by atoms with E-state index in [1.165, 1.54) is 28.0 Å². The Labute approximate surface area is 238 Å². The van der Waals surface area contributed by atoms with Gasteiger partial charge in [-0.2, -0.15) is 8.78 Å². The molecule has 212 valence electrons. The molecule has 0 bridgehead atoms. The van der Waals surface area contributed by atoms with Gasteiger partial charge in [0.1, 0.15) is 17.5 Å². The third-order valence-electron chi connectivity index (χ3n) is 6.72. The number of hydrogen-bond donors (Lipinski definition) is 0. The first-order chi connectivity index (χ1) is 19.9. The number of hydrogen-bond acceptors (Lipinski definition) is 7. The number of rotatable bonds is 9. The zero-order chi connectivity index (χ0) is 29.1. The lowest BCUT2D eigenvalue weighted by molar-refractivity contribution is -0.139. The van der Waals surface area contributed by atoms with Crippen molar-refractivity contribution in [2.75, 3.05) is 13.7 Å². The number of ether oxygens (including phenoxy) is 3. The van der Waals surface area contributed by atoms with Crippen molar-refractivity contribution in [1.82, 2.24) is 4.57 Å². The van der Waals surface area contributed by atoms with Crippen molar-refractivity contribution in [3.8, 4) is 11.5 Å². The molecule has 0 spiro atoms. The number of benzene rings is 3.